The van der Waals surface area contributed by atoms with Crippen molar-refractivity contribution in [2.24, 2.45) is 0 Å². The summed E-state index contributed by atoms with van der Waals surface area (Å²) < 4.78 is 0. The first kappa shape index (κ1) is 11.8. The van der Waals surface area contributed by atoms with E-state index < -0.39 is 0 Å². The molecule has 1 heterocycles. The molecule has 0 radical (unpaired) electrons. The minimum Gasteiger partial charge on any atom is -0.274 e. The zero-order valence-electron chi connectivity index (χ0n) is 9.50. The predicted molar refractivity (Wildman–Crippen MR) is 67.6 cm³/mol. The first-order valence-electron chi connectivity index (χ1n) is 5.23. The van der Waals surface area contributed by atoms with Crippen LogP contribution in [0.4, 0.5) is 0 Å². The predicted octanol–water partition coefficient (Wildman–Crippen LogP) is 2.95. The number of amides is 1. The molecular formula is C13H13NO2S. The van der Waals surface area contributed by atoms with Gasteiger partial charge in [-0.1, -0.05) is 18.2 Å². The molecule has 0 N–H and O–H groups in total. The van der Waals surface area contributed by atoms with Crippen molar-refractivity contribution in [2.45, 2.75) is 6.54 Å². The Bertz CT molecular complexity index is 467. The summed E-state index contributed by atoms with van der Waals surface area (Å²) in [5, 5.41) is 5.35. The molecule has 0 fully saturated rings. The lowest BCUT2D eigenvalue weighted by Crippen LogP contribution is -2.29. The summed E-state index contributed by atoms with van der Waals surface area (Å²) in [4.78, 5) is 17.2. The van der Waals surface area contributed by atoms with Gasteiger partial charge in [0.1, 0.15) is 0 Å². The number of benzene rings is 1. The molecule has 0 saturated carbocycles. The van der Waals surface area contributed by atoms with E-state index in [4.69, 9.17) is 4.84 Å². The largest absolute Gasteiger partial charge is 0.277 e. The number of nitrogens with zero attached hydrogens (tertiary/aromatic N) is 1. The second-order valence-electron chi connectivity index (χ2n) is 3.52. The normalized spacial score (nSPS) is 10.2. The lowest BCUT2D eigenvalue weighted by Gasteiger charge is -2.19. The Kier molecular flexibility index (Phi) is 3.90. The van der Waals surface area contributed by atoms with Crippen molar-refractivity contribution in [2.75, 3.05) is 7.11 Å². The second-order valence-corrected chi connectivity index (χ2v) is 4.30. The molecule has 0 atom stereocenters. The van der Waals surface area contributed by atoms with Crippen molar-refractivity contribution in [3.8, 4) is 0 Å². The van der Waals surface area contributed by atoms with Crippen LogP contribution in [0.3, 0.4) is 0 Å². The van der Waals surface area contributed by atoms with Gasteiger partial charge in [-0.05, 0) is 34.5 Å². The fourth-order valence-corrected chi connectivity index (χ4v) is 2.15. The van der Waals surface area contributed by atoms with E-state index in [0.717, 1.165) is 5.56 Å². The molecule has 3 nitrogen and oxygen atoms in total. The molecule has 1 aromatic carbocycles. The van der Waals surface area contributed by atoms with Gasteiger partial charge in [0.25, 0.3) is 5.91 Å². The Morgan fingerprint density at radius 2 is 2.06 bits per heavy atom. The molecule has 2 rings (SSSR count). The quantitative estimate of drug-likeness (QED) is 0.777. The summed E-state index contributed by atoms with van der Waals surface area (Å²) in [7, 11) is 1.51. The van der Waals surface area contributed by atoms with E-state index in [0.29, 0.717) is 12.1 Å². The molecule has 0 saturated heterocycles. The van der Waals surface area contributed by atoms with Crippen LogP contribution in [0.2, 0.25) is 0 Å². The highest BCUT2D eigenvalue weighted by Gasteiger charge is 2.15. The van der Waals surface area contributed by atoms with Crippen molar-refractivity contribution in [3.05, 3.63) is 58.3 Å². The maximum absolute atomic E-state index is 12.1. The first-order valence-corrected chi connectivity index (χ1v) is 6.17. The van der Waals surface area contributed by atoms with Crippen molar-refractivity contribution >= 4 is 17.2 Å². The third-order valence-electron chi connectivity index (χ3n) is 2.37. The number of rotatable bonds is 4. The van der Waals surface area contributed by atoms with E-state index in [-0.39, 0.29) is 5.91 Å². The number of thiophene rings is 1. The van der Waals surface area contributed by atoms with Gasteiger partial charge >= 0.3 is 0 Å². The summed E-state index contributed by atoms with van der Waals surface area (Å²) >= 11 is 1.61. The fourth-order valence-electron chi connectivity index (χ4n) is 1.49. The number of hydrogen-bond donors (Lipinski definition) is 0. The van der Waals surface area contributed by atoms with Gasteiger partial charge in [0.05, 0.1) is 13.7 Å². The van der Waals surface area contributed by atoms with E-state index in [1.54, 1.807) is 23.5 Å². The molecular weight excluding hydrogens is 234 g/mol. The van der Waals surface area contributed by atoms with E-state index in [1.165, 1.54) is 12.2 Å². The summed E-state index contributed by atoms with van der Waals surface area (Å²) in [5.74, 6) is -0.126. The highest BCUT2D eigenvalue weighted by molar-refractivity contribution is 7.07. The maximum atomic E-state index is 12.1. The maximum Gasteiger partial charge on any atom is 0.277 e. The summed E-state index contributed by atoms with van der Waals surface area (Å²) in [6.07, 6.45) is 0. The Morgan fingerprint density at radius 1 is 1.29 bits per heavy atom. The summed E-state index contributed by atoms with van der Waals surface area (Å²) in [5.41, 5.74) is 1.70. The highest BCUT2D eigenvalue weighted by Crippen LogP contribution is 2.12. The minimum atomic E-state index is -0.126. The first-order chi connectivity index (χ1) is 8.31. The van der Waals surface area contributed by atoms with Crippen LogP contribution in [-0.2, 0) is 11.4 Å². The molecule has 88 valence electrons. The standard InChI is InChI=1S/C13H13NO2S/c1-16-14(9-11-7-8-17-10-11)13(15)12-5-3-2-4-6-12/h2-8,10H,9H2,1H3. The molecule has 0 bridgehead atoms. The van der Waals surface area contributed by atoms with Crippen molar-refractivity contribution < 1.29 is 9.63 Å². The van der Waals surface area contributed by atoms with Crippen LogP contribution >= 0.6 is 11.3 Å². The zero-order chi connectivity index (χ0) is 12.1. The Labute approximate surface area is 104 Å². The van der Waals surface area contributed by atoms with Crippen LogP contribution in [0.15, 0.2) is 47.2 Å². The van der Waals surface area contributed by atoms with Gasteiger partial charge in [-0.25, -0.2) is 5.06 Å². The average Bonchev–Trinajstić information content (AvgIpc) is 2.89. The molecule has 1 aromatic heterocycles. The van der Waals surface area contributed by atoms with Crippen LogP contribution in [-0.4, -0.2) is 18.1 Å². The third kappa shape index (κ3) is 2.93. The van der Waals surface area contributed by atoms with Gasteiger partial charge in [0, 0.05) is 5.56 Å². The van der Waals surface area contributed by atoms with Crippen LogP contribution in [0.25, 0.3) is 0 Å². The fraction of sp³-hybridized carbons (Fsp3) is 0.154. The Hall–Kier alpha value is -1.65. The second kappa shape index (κ2) is 5.61. The van der Waals surface area contributed by atoms with Gasteiger partial charge in [0.2, 0.25) is 0 Å². The smallest absolute Gasteiger partial charge is 0.274 e. The van der Waals surface area contributed by atoms with Gasteiger partial charge in [-0.15, -0.1) is 0 Å². The number of carbonyl (C=O) groups is 1. The van der Waals surface area contributed by atoms with Crippen LogP contribution < -0.4 is 0 Å². The van der Waals surface area contributed by atoms with E-state index in [2.05, 4.69) is 0 Å². The van der Waals surface area contributed by atoms with E-state index in [1.807, 2.05) is 35.0 Å². The van der Waals surface area contributed by atoms with E-state index >= 15 is 0 Å². The van der Waals surface area contributed by atoms with Gasteiger partial charge in [-0.3, -0.25) is 9.63 Å². The monoisotopic (exact) mass is 247 g/mol. The zero-order valence-corrected chi connectivity index (χ0v) is 10.3. The number of hydroxylamine groups is 2. The molecule has 2 aromatic rings. The lowest BCUT2D eigenvalue weighted by atomic mass is 10.2. The highest BCUT2D eigenvalue weighted by atomic mass is 32.1. The molecule has 4 heteroatoms. The Morgan fingerprint density at radius 3 is 2.65 bits per heavy atom. The van der Waals surface area contributed by atoms with E-state index in [9.17, 15) is 4.79 Å². The third-order valence-corrected chi connectivity index (χ3v) is 3.11. The van der Waals surface area contributed by atoms with Gasteiger partial charge < -0.3 is 0 Å². The molecule has 0 aliphatic rings. The minimum absolute atomic E-state index is 0.126. The topological polar surface area (TPSA) is 29.5 Å². The van der Waals surface area contributed by atoms with Crippen LogP contribution in [0.1, 0.15) is 15.9 Å². The van der Waals surface area contributed by atoms with Crippen molar-refractivity contribution in [1.82, 2.24) is 5.06 Å². The van der Waals surface area contributed by atoms with Crippen LogP contribution in [0, 0.1) is 0 Å². The van der Waals surface area contributed by atoms with Crippen molar-refractivity contribution in [3.63, 3.8) is 0 Å². The number of hydrogen-bond acceptors (Lipinski definition) is 3. The van der Waals surface area contributed by atoms with Crippen LogP contribution in [0.5, 0.6) is 0 Å². The summed E-state index contributed by atoms with van der Waals surface area (Å²) in [6, 6.07) is 11.1. The molecule has 1 amide bonds. The number of carbonyl (C=O) groups excluding carboxylic acids is 1. The average molecular weight is 247 g/mol. The molecule has 0 spiro atoms. The van der Waals surface area contributed by atoms with Gasteiger partial charge in [-0.2, -0.15) is 11.3 Å². The lowest BCUT2D eigenvalue weighted by molar-refractivity contribution is -0.102. The molecule has 0 aliphatic heterocycles. The van der Waals surface area contributed by atoms with Crippen molar-refractivity contribution in [1.29, 1.82) is 0 Å². The molecule has 0 unspecified atom stereocenters. The SMILES string of the molecule is CON(Cc1ccsc1)C(=O)c1ccccc1. The Balaban J connectivity index is 2.11. The van der Waals surface area contributed by atoms with Gasteiger partial charge in [0.15, 0.2) is 0 Å². The molecule has 17 heavy (non-hydrogen) atoms. The summed E-state index contributed by atoms with van der Waals surface area (Å²) in [6.45, 7) is 0.466. The molecule has 0 aliphatic carbocycles.